The van der Waals surface area contributed by atoms with Crippen molar-refractivity contribution < 1.29 is 19.0 Å². The average Bonchev–Trinajstić information content (AvgIpc) is 2.61. The smallest absolute Gasteiger partial charge is 0.264 e. The molecule has 2 aromatic carbocycles. The van der Waals surface area contributed by atoms with Crippen molar-refractivity contribution in [2.75, 3.05) is 19.8 Å². The van der Waals surface area contributed by atoms with Gasteiger partial charge in [0.25, 0.3) is 5.91 Å². The lowest BCUT2D eigenvalue weighted by atomic mass is 10.2. The maximum Gasteiger partial charge on any atom is 0.264 e. The molecular formula is C18H19NO4. The van der Waals surface area contributed by atoms with Crippen molar-refractivity contribution in [2.24, 2.45) is 0 Å². The van der Waals surface area contributed by atoms with E-state index in [1.807, 2.05) is 48.5 Å². The van der Waals surface area contributed by atoms with Crippen LogP contribution in [0.1, 0.15) is 5.56 Å². The van der Waals surface area contributed by atoms with Crippen LogP contribution in [0.2, 0.25) is 0 Å². The second kappa shape index (κ2) is 7.65. The second-order valence-electron chi connectivity index (χ2n) is 5.19. The fraction of sp³-hybridized carbons (Fsp3) is 0.278. The Kier molecular flexibility index (Phi) is 5.11. The molecule has 3 rings (SSSR count). The first-order valence-corrected chi connectivity index (χ1v) is 7.61. The van der Waals surface area contributed by atoms with Gasteiger partial charge in [-0.15, -0.1) is 0 Å². The van der Waals surface area contributed by atoms with Gasteiger partial charge in [0.2, 0.25) is 6.10 Å². The van der Waals surface area contributed by atoms with E-state index >= 15 is 0 Å². The Bertz CT molecular complexity index is 644. The maximum absolute atomic E-state index is 12.1. The molecule has 1 aliphatic heterocycles. The van der Waals surface area contributed by atoms with Gasteiger partial charge in [0.1, 0.15) is 6.61 Å². The third-order valence-corrected chi connectivity index (χ3v) is 3.46. The van der Waals surface area contributed by atoms with Crippen LogP contribution in [-0.2, 0) is 16.1 Å². The van der Waals surface area contributed by atoms with Crippen molar-refractivity contribution in [1.82, 2.24) is 5.32 Å². The van der Waals surface area contributed by atoms with Crippen LogP contribution >= 0.6 is 0 Å². The monoisotopic (exact) mass is 313 g/mol. The lowest BCUT2D eigenvalue weighted by Gasteiger charge is -2.25. The van der Waals surface area contributed by atoms with Gasteiger partial charge in [-0.2, -0.15) is 0 Å². The zero-order valence-corrected chi connectivity index (χ0v) is 12.7. The number of carbonyl (C=O) groups excluding carboxylic acids is 1. The van der Waals surface area contributed by atoms with Crippen LogP contribution in [0.25, 0.3) is 0 Å². The summed E-state index contributed by atoms with van der Waals surface area (Å²) in [6.45, 7) is 1.64. The Balaban J connectivity index is 1.37. The van der Waals surface area contributed by atoms with Crippen LogP contribution in [0.5, 0.6) is 11.5 Å². The molecule has 1 amide bonds. The van der Waals surface area contributed by atoms with E-state index in [2.05, 4.69) is 5.32 Å². The molecule has 120 valence electrons. The number of benzene rings is 2. The number of carbonyl (C=O) groups is 1. The highest BCUT2D eigenvalue weighted by Gasteiger charge is 2.26. The SMILES string of the molecule is O=C(NCCOCc1ccccc1)C1COc2ccccc2O1. The molecule has 5 nitrogen and oxygen atoms in total. The van der Waals surface area contributed by atoms with Crippen LogP contribution in [-0.4, -0.2) is 31.8 Å². The first-order valence-electron chi connectivity index (χ1n) is 7.61. The molecule has 2 aromatic rings. The summed E-state index contributed by atoms with van der Waals surface area (Å²) in [7, 11) is 0. The van der Waals surface area contributed by atoms with Crippen LogP contribution < -0.4 is 14.8 Å². The van der Waals surface area contributed by atoms with Gasteiger partial charge in [-0.05, 0) is 17.7 Å². The summed E-state index contributed by atoms with van der Waals surface area (Å²) in [5, 5.41) is 2.80. The number of hydrogen-bond donors (Lipinski definition) is 1. The minimum absolute atomic E-state index is 0.192. The van der Waals surface area contributed by atoms with E-state index in [4.69, 9.17) is 14.2 Å². The highest BCUT2D eigenvalue weighted by molar-refractivity contribution is 5.81. The average molecular weight is 313 g/mol. The lowest BCUT2D eigenvalue weighted by Crippen LogP contribution is -2.44. The van der Waals surface area contributed by atoms with Gasteiger partial charge in [-0.1, -0.05) is 42.5 Å². The largest absolute Gasteiger partial charge is 0.485 e. The number of amides is 1. The molecular weight excluding hydrogens is 294 g/mol. The molecule has 5 heteroatoms. The van der Waals surface area contributed by atoms with Crippen molar-refractivity contribution in [3.63, 3.8) is 0 Å². The van der Waals surface area contributed by atoms with Gasteiger partial charge in [-0.25, -0.2) is 0 Å². The molecule has 0 saturated heterocycles. The van der Waals surface area contributed by atoms with Gasteiger partial charge in [0.05, 0.1) is 13.2 Å². The highest BCUT2D eigenvalue weighted by Crippen LogP contribution is 2.30. The first-order chi connectivity index (χ1) is 11.3. The number of ether oxygens (including phenoxy) is 3. The Hall–Kier alpha value is -2.53. The summed E-state index contributed by atoms with van der Waals surface area (Å²) in [6, 6.07) is 17.2. The zero-order chi connectivity index (χ0) is 15.9. The molecule has 1 N–H and O–H groups in total. The molecule has 0 radical (unpaired) electrons. The Morgan fingerprint density at radius 3 is 2.65 bits per heavy atom. The van der Waals surface area contributed by atoms with Crippen molar-refractivity contribution in [3.05, 3.63) is 60.2 Å². The minimum Gasteiger partial charge on any atom is -0.485 e. The quantitative estimate of drug-likeness (QED) is 0.830. The zero-order valence-electron chi connectivity index (χ0n) is 12.7. The third-order valence-electron chi connectivity index (χ3n) is 3.46. The highest BCUT2D eigenvalue weighted by atomic mass is 16.6. The molecule has 0 spiro atoms. The van der Waals surface area contributed by atoms with E-state index in [9.17, 15) is 4.79 Å². The summed E-state index contributed by atoms with van der Waals surface area (Å²) in [4.78, 5) is 12.1. The van der Waals surface area contributed by atoms with Crippen molar-refractivity contribution in [2.45, 2.75) is 12.7 Å². The molecule has 1 heterocycles. The number of nitrogens with one attached hydrogen (secondary N) is 1. The molecule has 0 aromatic heterocycles. The summed E-state index contributed by atoms with van der Waals surface area (Å²) in [5.41, 5.74) is 1.11. The fourth-order valence-electron chi connectivity index (χ4n) is 2.27. The molecule has 0 saturated carbocycles. The first kappa shape index (κ1) is 15.4. The summed E-state index contributed by atoms with van der Waals surface area (Å²) in [5.74, 6) is 1.07. The van der Waals surface area contributed by atoms with Crippen LogP contribution in [0, 0.1) is 0 Å². The van der Waals surface area contributed by atoms with Gasteiger partial charge >= 0.3 is 0 Å². The molecule has 1 atom stereocenters. The van der Waals surface area contributed by atoms with E-state index in [1.165, 1.54) is 0 Å². The van der Waals surface area contributed by atoms with Crippen molar-refractivity contribution in [3.8, 4) is 11.5 Å². The molecule has 1 aliphatic rings. The summed E-state index contributed by atoms with van der Waals surface area (Å²) < 4.78 is 16.7. The van der Waals surface area contributed by atoms with Crippen LogP contribution in [0.15, 0.2) is 54.6 Å². The predicted octanol–water partition coefficient (Wildman–Crippen LogP) is 2.16. The van der Waals surface area contributed by atoms with Gasteiger partial charge in [-0.3, -0.25) is 4.79 Å². The predicted molar refractivity (Wildman–Crippen MR) is 85.5 cm³/mol. The fourth-order valence-corrected chi connectivity index (χ4v) is 2.27. The lowest BCUT2D eigenvalue weighted by molar-refractivity contribution is -0.130. The van der Waals surface area contributed by atoms with Crippen molar-refractivity contribution in [1.29, 1.82) is 0 Å². The molecule has 0 fully saturated rings. The number of hydrogen-bond acceptors (Lipinski definition) is 4. The Labute approximate surface area is 135 Å². The van der Waals surface area contributed by atoms with Crippen LogP contribution in [0.4, 0.5) is 0 Å². The van der Waals surface area contributed by atoms with E-state index in [-0.39, 0.29) is 12.5 Å². The third kappa shape index (κ3) is 4.23. The molecule has 1 unspecified atom stereocenters. The van der Waals surface area contributed by atoms with E-state index in [0.717, 1.165) is 5.56 Å². The standard InChI is InChI=1S/C18H19NO4/c20-18(17-13-22-15-8-4-5-9-16(15)23-17)19-10-11-21-12-14-6-2-1-3-7-14/h1-9,17H,10-13H2,(H,19,20). The minimum atomic E-state index is -0.626. The van der Waals surface area contributed by atoms with E-state index in [1.54, 1.807) is 6.07 Å². The molecule has 23 heavy (non-hydrogen) atoms. The van der Waals surface area contributed by atoms with E-state index in [0.29, 0.717) is 31.3 Å². The van der Waals surface area contributed by atoms with Gasteiger partial charge in [0, 0.05) is 6.54 Å². The second-order valence-corrected chi connectivity index (χ2v) is 5.19. The number of rotatable bonds is 6. The van der Waals surface area contributed by atoms with Crippen molar-refractivity contribution >= 4 is 5.91 Å². The Morgan fingerprint density at radius 2 is 1.83 bits per heavy atom. The van der Waals surface area contributed by atoms with Gasteiger partial charge < -0.3 is 19.5 Å². The normalized spacial score (nSPS) is 15.9. The number of fused-ring (bicyclic) bond motifs is 1. The Morgan fingerprint density at radius 1 is 1.09 bits per heavy atom. The van der Waals surface area contributed by atoms with Gasteiger partial charge in [0.15, 0.2) is 11.5 Å². The summed E-state index contributed by atoms with van der Waals surface area (Å²) in [6.07, 6.45) is -0.626. The summed E-state index contributed by atoms with van der Waals surface area (Å²) >= 11 is 0. The molecule has 0 aliphatic carbocycles. The van der Waals surface area contributed by atoms with Crippen LogP contribution in [0.3, 0.4) is 0 Å². The maximum atomic E-state index is 12.1. The topological polar surface area (TPSA) is 56.8 Å². The molecule has 0 bridgehead atoms. The number of para-hydroxylation sites is 2. The van der Waals surface area contributed by atoms with E-state index < -0.39 is 6.10 Å².